The van der Waals surface area contributed by atoms with Gasteiger partial charge >= 0.3 is 0 Å². The standard InChI is InChI=1S/C32H56O3Si/c1-29(2,3)16-11-19-34-27-13-12-24-28-25(15-18-32(24,27)8)31(7)17-14-23(20-22(31)21-26(28)33)35-36(9,10)30(4,5)6/h21,23-25,27-28H,11-20H2,1-10H3/t23-,24-,25-,27-,28-,31-,32-/m0/s1. The molecule has 0 aromatic carbocycles. The second kappa shape index (κ2) is 9.63. The van der Waals surface area contributed by atoms with E-state index in [1.807, 2.05) is 0 Å². The van der Waals surface area contributed by atoms with Crippen LogP contribution in [0.25, 0.3) is 0 Å². The average molecular weight is 517 g/mol. The smallest absolute Gasteiger partial charge is 0.192 e. The number of fused-ring (bicyclic) bond motifs is 5. The van der Waals surface area contributed by atoms with E-state index >= 15 is 0 Å². The number of hydrogen-bond donors (Lipinski definition) is 0. The molecule has 3 fully saturated rings. The van der Waals surface area contributed by atoms with Crippen LogP contribution in [-0.4, -0.2) is 32.9 Å². The summed E-state index contributed by atoms with van der Waals surface area (Å²) in [6.07, 6.45) is 13.0. The molecule has 7 atom stereocenters. The van der Waals surface area contributed by atoms with Gasteiger partial charge in [-0.25, -0.2) is 0 Å². The van der Waals surface area contributed by atoms with Crippen LogP contribution in [0.2, 0.25) is 18.1 Å². The maximum absolute atomic E-state index is 13.8. The van der Waals surface area contributed by atoms with Crippen molar-refractivity contribution in [1.82, 2.24) is 0 Å². The molecule has 0 unspecified atom stereocenters. The number of hydrogen-bond acceptors (Lipinski definition) is 3. The minimum atomic E-state index is -1.81. The third-order valence-electron chi connectivity index (χ3n) is 11.5. The molecule has 4 rings (SSSR count). The number of allylic oxidation sites excluding steroid dienone is 1. The van der Waals surface area contributed by atoms with Crippen LogP contribution in [0, 0.1) is 34.0 Å². The van der Waals surface area contributed by atoms with Crippen molar-refractivity contribution in [1.29, 1.82) is 0 Å². The monoisotopic (exact) mass is 516 g/mol. The normalized spacial score (nSPS) is 39.3. The maximum Gasteiger partial charge on any atom is 0.192 e. The molecule has 0 aromatic heterocycles. The molecular weight excluding hydrogens is 460 g/mol. The maximum atomic E-state index is 13.8. The van der Waals surface area contributed by atoms with Crippen molar-refractivity contribution in [3.8, 4) is 0 Å². The van der Waals surface area contributed by atoms with Crippen molar-refractivity contribution in [3.05, 3.63) is 11.6 Å². The van der Waals surface area contributed by atoms with Crippen LogP contribution in [0.15, 0.2) is 11.6 Å². The quantitative estimate of drug-likeness (QED) is 0.261. The number of carbonyl (C=O) groups is 1. The molecule has 0 radical (unpaired) electrons. The van der Waals surface area contributed by atoms with Gasteiger partial charge < -0.3 is 9.16 Å². The minimum absolute atomic E-state index is 0.156. The lowest BCUT2D eigenvalue weighted by molar-refractivity contribution is -0.138. The fourth-order valence-electron chi connectivity index (χ4n) is 8.12. The van der Waals surface area contributed by atoms with E-state index in [0.29, 0.717) is 29.1 Å². The molecule has 4 aliphatic carbocycles. The Morgan fingerprint density at radius 2 is 1.67 bits per heavy atom. The summed E-state index contributed by atoms with van der Waals surface area (Å²) in [5.41, 5.74) is 2.09. The van der Waals surface area contributed by atoms with E-state index in [2.05, 4.69) is 74.6 Å². The molecule has 0 bridgehead atoms. The van der Waals surface area contributed by atoms with Crippen molar-refractivity contribution in [2.24, 2.45) is 34.0 Å². The predicted molar refractivity (Wildman–Crippen MR) is 153 cm³/mol. The lowest BCUT2D eigenvalue weighted by Crippen LogP contribution is -2.55. The van der Waals surface area contributed by atoms with E-state index < -0.39 is 8.32 Å². The third kappa shape index (κ3) is 5.22. The van der Waals surface area contributed by atoms with Crippen molar-refractivity contribution < 1.29 is 14.0 Å². The second-order valence-electron chi connectivity index (χ2n) is 16.1. The molecule has 0 amide bonds. The number of carbonyl (C=O) groups excluding carboxylic acids is 1. The molecule has 0 aromatic rings. The first-order chi connectivity index (χ1) is 16.5. The fraction of sp³-hybridized carbons (Fsp3) is 0.906. The Hall–Kier alpha value is -0.453. The molecule has 36 heavy (non-hydrogen) atoms. The predicted octanol–water partition coefficient (Wildman–Crippen LogP) is 8.73. The highest BCUT2D eigenvalue weighted by atomic mass is 28.4. The van der Waals surface area contributed by atoms with E-state index in [-0.39, 0.29) is 27.9 Å². The number of ether oxygens (including phenoxy) is 1. The highest BCUT2D eigenvalue weighted by molar-refractivity contribution is 6.74. The highest BCUT2D eigenvalue weighted by Gasteiger charge is 2.61. The average Bonchev–Trinajstić information content (AvgIpc) is 3.07. The second-order valence-corrected chi connectivity index (χ2v) is 20.9. The lowest BCUT2D eigenvalue weighted by Gasteiger charge is -2.57. The molecule has 0 heterocycles. The zero-order valence-corrected chi connectivity index (χ0v) is 26.3. The molecular formula is C32H56O3Si. The van der Waals surface area contributed by atoms with Gasteiger partial charge in [0, 0.05) is 18.6 Å². The zero-order chi connectivity index (χ0) is 26.7. The van der Waals surface area contributed by atoms with Crippen LogP contribution >= 0.6 is 0 Å². The van der Waals surface area contributed by atoms with Gasteiger partial charge in [-0.2, -0.15) is 0 Å². The minimum Gasteiger partial charge on any atom is -0.414 e. The van der Waals surface area contributed by atoms with E-state index in [9.17, 15) is 4.79 Å². The van der Waals surface area contributed by atoms with Gasteiger partial charge in [-0.3, -0.25) is 4.79 Å². The van der Waals surface area contributed by atoms with Gasteiger partial charge in [0.25, 0.3) is 0 Å². The van der Waals surface area contributed by atoms with Crippen LogP contribution in [0.4, 0.5) is 0 Å². The Kier molecular flexibility index (Phi) is 7.64. The van der Waals surface area contributed by atoms with Gasteiger partial charge in [-0.1, -0.05) is 61.0 Å². The summed E-state index contributed by atoms with van der Waals surface area (Å²) in [6, 6.07) is 0. The third-order valence-corrected chi connectivity index (χ3v) is 16.0. The van der Waals surface area contributed by atoms with Crippen LogP contribution in [0.1, 0.15) is 113 Å². The summed E-state index contributed by atoms with van der Waals surface area (Å²) in [4.78, 5) is 13.8. The van der Waals surface area contributed by atoms with Crippen molar-refractivity contribution in [2.45, 2.75) is 144 Å². The van der Waals surface area contributed by atoms with E-state index in [1.54, 1.807) is 0 Å². The molecule has 4 aliphatic rings. The molecule has 0 aliphatic heterocycles. The first-order valence-electron chi connectivity index (χ1n) is 15.0. The van der Waals surface area contributed by atoms with Crippen molar-refractivity contribution in [2.75, 3.05) is 6.61 Å². The van der Waals surface area contributed by atoms with Gasteiger partial charge in [0.2, 0.25) is 0 Å². The molecule has 0 saturated heterocycles. The summed E-state index contributed by atoms with van der Waals surface area (Å²) in [5, 5.41) is 0.220. The molecule has 3 saturated carbocycles. The Balaban J connectivity index is 1.47. The van der Waals surface area contributed by atoms with E-state index in [0.717, 1.165) is 38.7 Å². The first kappa shape index (κ1) is 28.6. The fourth-order valence-corrected chi connectivity index (χ4v) is 9.50. The molecule has 0 N–H and O–H groups in total. The van der Waals surface area contributed by atoms with Crippen LogP contribution in [0.3, 0.4) is 0 Å². The van der Waals surface area contributed by atoms with E-state index in [4.69, 9.17) is 9.16 Å². The summed E-state index contributed by atoms with van der Waals surface area (Å²) in [5.74, 6) is 1.59. The van der Waals surface area contributed by atoms with Gasteiger partial charge in [-0.15, -0.1) is 0 Å². The molecule has 206 valence electrons. The van der Waals surface area contributed by atoms with Gasteiger partial charge in [0.05, 0.1) is 6.10 Å². The summed E-state index contributed by atoms with van der Waals surface area (Å²) in [7, 11) is -1.81. The first-order valence-corrected chi connectivity index (χ1v) is 17.9. The lowest BCUT2D eigenvalue weighted by atomic mass is 9.47. The zero-order valence-electron chi connectivity index (χ0n) is 25.3. The Morgan fingerprint density at radius 3 is 2.31 bits per heavy atom. The summed E-state index contributed by atoms with van der Waals surface area (Å²) < 4.78 is 13.4. The van der Waals surface area contributed by atoms with E-state index in [1.165, 1.54) is 31.3 Å². The summed E-state index contributed by atoms with van der Waals surface area (Å²) in [6.45, 7) is 24.4. The summed E-state index contributed by atoms with van der Waals surface area (Å²) >= 11 is 0. The molecule has 3 nitrogen and oxygen atoms in total. The van der Waals surface area contributed by atoms with Gasteiger partial charge in [0.15, 0.2) is 14.1 Å². The largest absolute Gasteiger partial charge is 0.414 e. The highest BCUT2D eigenvalue weighted by Crippen LogP contribution is 2.64. The Bertz CT molecular complexity index is 862. The number of ketones is 1. The SMILES string of the molecule is CC(C)(C)CCCO[C@H]1CC[C@H]2[C@@H]3C(=O)C=C4C[C@@H](O[Si](C)(C)C(C)(C)C)CC[C@]4(C)[C@H]3CC[C@]12C. The van der Waals surface area contributed by atoms with Crippen molar-refractivity contribution in [3.63, 3.8) is 0 Å². The van der Waals surface area contributed by atoms with Crippen LogP contribution < -0.4 is 0 Å². The number of rotatable bonds is 6. The van der Waals surface area contributed by atoms with Gasteiger partial charge in [-0.05, 0) is 110 Å². The van der Waals surface area contributed by atoms with Crippen LogP contribution in [-0.2, 0) is 14.0 Å². The molecule has 4 heteroatoms. The molecule has 0 spiro atoms. The Labute approximate surface area is 223 Å². The van der Waals surface area contributed by atoms with Crippen LogP contribution in [0.5, 0.6) is 0 Å². The van der Waals surface area contributed by atoms with Crippen molar-refractivity contribution >= 4 is 14.1 Å². The topological polar surface area (TPSA) is 35.5 Å². The Morgan fingerprint density at radius 1 is 0.972 bits per heavy atom. The van der Waals surface area contributed by atoms with Gasteiger partial charge in [0.1, 0.15) is 0 Å².